The topological polar surface area (TPSA) is 146 Å². The summed E-state index contributed by atoms with van der Waals surface area (Å²) in [4.78, 5) is 14.5. The molecule has 0 aliphatic carbocycles. The summed E-state index contributed by atoms with van der Waals surface area (Å²) < 4.78 is 53.3. The fourth-order valence-corrected chi connectivity index (χ4v) is 4.56. The van der Waals surface area contributed by atoms with Crippen LogP contribution in [0.1, 0.15) is 18.1 Å². The molecule has 3 rings (SSSR count). The monoisotopic (exact) mass is 505 g/mol. The highest BCUT2D eigenvalue weighted by Crippen LogP contribution is 2.30. The predicted molar refractivity (Wildman–Crippen MR) is 123 cm³/mol. The maximum atomic E-state index is 12.7. The number of ether oxygens (including phenoxy) is 4. The van der Waals surface area contributed by atoms with Gasteiger partial charge in [-0.15, -0.1) is 0 Å². The lowest BCUT2D eigenvalue weighted by atomic mass is 9.97. The highest BCUT2D eigenvalue weighted by atomic mass is 32.2. The molecule has 1 fully saturated rings. The van der Waals surface area contributed by atoms with Crippen molar-refractivity contribution in [3.05, 3.63) is 76.2 Å². The Morgan fingerprint density at radius 2 is 1.80 bits per heavy atom. The van der Waals surface area contributed by atoms with Crippen molar-refractivity contribution in [1.29, 1.82) is 0 Å². The van der Waals surface area contributed by atoms with E-state index in [-0.39, 0.29) is 11.5 Å². The Labute approximate surface area is 203 Å². The Morgan fingerprint density at radius 3 is 2.40 bits per heavy atom. The molecule has 11 nitrogen and oxygen atoms in total. The Balaban J connectivity index is 1.85. The lowest BCUT2D eigenvalue weighted by Gasteiger charge is -2.43. The van der Waals surface area contributed by atoms with Crippen molar-refractivity contribution >= 4 is 16.1 Å². The van der Waals surface area contributed by atoms with Crippen LogP contribution in [0, 0.1) is 6.92 Å². The van der Waals surface area contributed by atoms with Gasteiger partial charge in [0.25, 0.3) is 10.1 Å². The quantitative estimate of drug-likeness (QED) is 0.157. The van der Waals surface area contributed by atoms with Crippen molar-refractivity contribution < 1.29 is 36.3 Å². The van der Waals surface area contributed by atoms with Gasteiger partial charge in [0.15, 0.2) is 0 Å². The molecule has 0 radical (unpaired) electrons. The molecular weight excluding hydrogens is 478 g/mol. The lowest BCUT2D eigenvalue weighted by molar-refractivity contribution is -0.269. The summed E-state index contributed by atoms with van der Waals surface area (Å²) in [7, 11) is -2.73. The van der Waals surface area contributed by atoms with Gasteiger partial charge >= 0.3 is 5.97 Å². The van der Waals surface area contributed by atoms with E-state index in [1.165, 1.54) is 26.2 Å². The van der Waals surface area contributed by atoms with Crippen LogP contribution in [-0.4, -0.2) is 58.7 Å². The molecule has 1 saturated heterocycles. The molecule has 0 saturated carbocycles. The Hall–Kier alpha value is -2.99. The van der Waals surface area contributed by atoms with E-state index in [1.54, 1.807) is 12.1 Å². The summed E-state index contributed by atoms with van der Waals surface area (Å²) in [6.45, 7) is 2.68. The second-order valence-corrected chi connectivity index (χ2v) is 9.48. The van der Waals surface area contributed by atoms with E-state index < -0.39 is 53.3 Å². The summed E-state index contributed by atoms with van der Waals surface area (Å²) in [6, 6.07) is 14.3. The van der Waals surface area contributed by atoms with Gasteiger partial charge in [0.1, 0.15) is 24.4 Å². The number of hydrogen-bond acceptors (Lipinski definition) is 9. The zero-order valence-corrected chi connectivity index (χ0v) is 20.3. The Morgan fingerprint density at radius 1 is 1.11 bits per heavy atom. The number of carbonyl (C=O) groups excluding carboxylic acids is 1. The Bertz CT molecular complexity index is 1140. The van der Waals surface area contributed by atoms with E-state index in [9.17, 15) is 13.2 Å². The van der Waals surface area contributed by atoms with Crippen LogP contribution in [-0.2, 0) is 44.7 Å². The number of azide groups is 1. The molecule has 0 aromatic heterocycles. The summed E-state index contributed by atoms with van der Waals surface area (Å²) in [5.74, 6) is -0.683. The van der Waals surface area contributed by atoms with Gasteiger partial charge < -0.3 is 18.9 Å². The molecule has 1 aliphatic heterocycles. The number of rotatable bonds is 10. The minimum atomic E-state index is -4.11. The van der Waals surface area contributed by atoms with Crippen LogP contribution in [0.5, 0.6) is 0 Å². The zero-order valence-electron chi connectivity index (χ0n) is 19.5. The number of esters is 1. The third-order valence-electron chi connectivity index (χ3n) is 5.34. The molecular formula is C23H27N3O8S. The average molecular weight is 506 g/mol. The second kappa shape index (κ2) is 12.1. The minimum Gasteiger partial charge on any atom is -0.435 e. The molecule has 5 atom stereocenters. The molecule has 0 amide bonds. The first kappa shape index (κ1) is 26.6. The molecule has 12 heteroatoms. The van der Waals surface area contributed by atoms with E-state index in [0.717, 1.165) is 11.1 Å². The number of carbonyl (C=O) groups is 1. The van der Waals surface area contributed by atoms with Crippen molar-refractivity contribution in [2.24, 2.45) is 5.11 Å². The Kier molecular flexibility index (Phi) is 9.21. The predicted octanol–water partition coefficient (Wildman–Crippen LogP) is 3.27. The van der Waals surface area contributed by atoms with Crippen molar-refractivity contribution in [2.45, 2.75) is 56.0 Å². The first-order valence-electron chi connectivity index (χ1n) is 10.8. The van der Waals surface area contributed by atoms with Gasteiger partial charge in [0.05, 0.1) is 18.1 Å². The molecule has 2 aromatic carbocycles. The fraction of sp³-hybridized carbons (Fsp3) is 0.435. The van der Waals surface area contributed by atoms with Crippen LogP contribution >= 0.6 is 0 Å². The molecule has 1 heterocycles. The third kappa shape index (κ3) is 7.01. The van der Waals surface area contributed by atoms with E-state index in [2.05, 4.69) is 10.0 Å². The zero-order chi connectivity index (χ0) is 25.4. The van der Waals surface area contributed by atoms with Crippen LogP contribution in [0.2, 0.25) is 0 Å². The maximum Gasteiger partial charge on any atom is 0.304 e. The molecule has 0 spiro atoms. The summed E-state index contributed by atoms with van der Waals surface area (Å²) in [5, 5.41) is 3.72. The molecule has 0 unspecified atom stereocenters. The molecule has 188 valence electrons. The van der Waals surface area contributed by atoms with Gasteiger partial charge in [-0.2, -0.15) is 8.42 Å². The van der Waals surface area contributed by atoms with E-state index >= 15 is 0 Å². The van der Waals surface area contributed by atoms with Crippen LogP contribution < -0.4 is 0 Å². The maximum absolute atomic E-state index is 12.7. The van der Waals surface area contributed by atoms with Crippen molar-refractivity contribution in [2.75, 3.05) is 13.7 Å². The van der Waals surface area contributed by atoms with Crippen LogP contribution in [0.15, 0.2) is 64.6 Å². The summed E-state index contributed by atoms with van der Waals surface area (Å²) in [6.07, 6.45) is -4.22. The third-order valence-corrected chi connectivity index (χ3v) is 6.63. The summed E-state index contributed by atoms with van der Waals surface area (Å²) in [5.41, 5.74) is 10.9. The first-order chi connectivity index (χ1) is 16.7. The van der Waals surface area contributed by atoms with E-state index in [0.29, 0.717) is 0 Å². The SMILES string of the molecule is CO[C@H]1[C@H](OCc2ccccc2)[C@@H](N=[N+]=[N-])[C@@H](OC(C)=O)O[C@@H]1COS(=O)(=O)c1ccc(C)cc1. The molecule has 35 heavy (non-hydrogen) atoms. The van der Waals surface area contributed by atoms with Gasteiger partial charge in [0, 0.05) is 18.9 Å². The first-order valence-corrected chi connectivity index (χ1v) is 12.2. The number of aryl methyl sites for hydroxylation is 1. The van der Waals surface area contributed by atoms with Gasteiger partial charge in [-0.05, 0) is 30.2 Å². The number of nitrogens with zero attached hydrogens (tertiary/aromatic N) is 3. The largest absolute Gasteiger partial charge is 0.435 e. The van der Waals surface area contributed by atoms with Gasteiger partial charge in [-0.3, -0.25) is 8.98 Å². The van der Waals surface area contributed by atoms with Crippen molar-refractivity contribution in [3.63, 3.8) is 0 Å². The normalized spacial score (nSPS) is 24.4. The second-order valence-electron chi connectivity index (χ2n) is 7.86. The van der Waals surface area contributed by atoms with Gasteiger partial charge in [-0.25, -0.2) is 0 Å². The van der Waals surface area contributed by atoms with Crippen LogP contribution in [0.3, 0.4) is 0 Å². The standard InChI is InChI=1S/C23H27N3O8S/c1-15-9-11-18(12-10-15)35(28,29)32-14-19-21(30-3)22(31-13-17-7-5-4-6-8-17)20(25-26-24)23(34-19)33-16(2)27/h4-12,19-23H,13-14H2,1-3H3/t19-,20-,21-,22-,23+/m1/s1. The van der Waals surface area contributed by atoms with E-state index in [1.807, 2.05) is 37.3 Å². The van der Waals surface area contributed by atoms with Crippen LogP contribution in [0.4, 0.5) is 0 Å². The average Bonchev–Trinajstić information content (AvgIpc) is 2.83. The van der Waals surface area contributed by atoms with Gasteiger partial charge in [0.2, 0.25) is 6.29 Å². The molecule has 0 bridgehead atoms. The molecule has 1 aliphatic rings. The molecule has 0 N–H and O–H groups in total. The lowest BCUT2D eigenvalue weighted by Crippen LogP contribution is -2.60. The highest BCUT2D eigenvalue weighted by molar-refractivity contribution is 7.86. The van der Waals surface area contributed by atoms with E-state index in [4.69, 9.17) is 28.7 Å². The number of benzene rings is 2. The van der Waals surface area contributed by atoms with Crippen molar-refractivity contribution in [3.8, 4) is 0 Å². The smallest absolute Gasteiger partial charge is 0.304 e. The fourth-order valence-electron chi connectivity index (χ4n) is 3.64. The van der Waals surface area contributed by atoms with Crippen molar-refractivity contribution in [1.82, 2.24) is 0 Å². The number of hydrogen-bond donors (Lipinski definition) is 0. The number of methoxy groups -OCH3 is 1. The molecule has 2 aromatic rings. The minimum absolute atomic E-state index is 0.0201. The highest BCUT2D eigenvalue weighted by Gasteiger charge is 2.49. The summed E-state index contributed by atoms with van der Waals surface area (Å²) >= 11 is 0. The van der Waals surface area contributed by atoms with Gasteiger partial charge in [-0.1, -0.05) is 53.1 Å². The van der Waals surface area contributed by atoms with Crippen LogP contribution in [0.25, 0.3) is 10.4 Å².